The maximum absolute atomic E-state index is 12.5. The van der Waals surface area contributed by atoms with Crippen molar-refractivity contribution in [2.24, 2.45) is 0 Å². The quantitative estimate of drug-likeness (QED) is 0.650. The smallest absolute Gasteiger partial charge is 0.274 e. The van der Waals surface area contributed by atoms with Gasteiger partial charge >= 0.3 is 0 Å². The molecule has 0 bridgehead atoms. The molecule has 2 N–H and O–H groups in total. The van der Waals surface area contributed by atoms with E-state index in [-0.39, 0.29) is 11.5 Å². The van der Waals surface area contributed by atoms with Gasteiger partial charge in [0.05, 0.1) is 7.11 Å². The molecule has 0 radical (unpaired) electrons. The molecule has 3 aromatic rings. The van der Waals surface area contributed by atoms with E-state index in [0.717, 1.165) is 11.4 Å². The number of amides is 1. The van der Waals surface area contributed by atoms with Gasteiger partial charge in [-0.3, -0.25) is 9.59 Å². The van der Waals surface area contributed by atoms with Crippen LogP contribution in [-0.2, 0) is 0 Å². The van der Waals surface area contributed by atoms with Crippen LogP contribution in [0.25, 0.3) is 0 Å². The van der Waals surface area contributed by atoms with E-state index in [2.05, 4.69) is 20.6 Å². The molecule has 0 aliphatic rings. The number of ether oxygens (including phenoxy) is 1. The lowest BCUT2D eigenvalue weighted by atomic mass is 10.1. The third kappa shape index (κ3) is 4.66. The lowest BCUT2D eigenvalue weighted by molar-refractivity contribution is 0.100. The van der Waals surface area contributed by atoms with Gasteiger partial charge in [0.2, 0.25) is 5.95 Å². The summed E-state index contributed by atoms with van der Waals surface area (Å²) in [6.45, 7) is 1.47. The third-order valence-electron chi connectivity index (χ3n) is 3.76. The third-order valence-corrected chi connectivity index (χ3v) is 3.76. The molecule has 0 saturated carbocycles. The van der Waals surface area contributed by atoms with Crippen molar-refractivity contribution >= 4 is 29.0 Å². The number of benzene rings is 2. The molecule has 0 aliphatic carbocycles. The van der Waals surface area contributed by atoms with E-state index in [9.17, 15) is 9.59 Å². The van der Waals surface area contributed by atoms with Crippen LogP contribution < -0.4 is 15.4 Å². The second kappa shape index (κ2) is 8.09. The standard InChI is InChI=1S/C20H18N4O3/c1-13(25)14-4-3-5-16(12-14)22-19(26)18-10-11-21-20(24-18)23-15-6-8-17(27-2)9-7-15/h3-12H,1-2H3,(H,22,26)(H,21,23,24). The van der Waals surface area contributed by atoms with Gasteiger partial charge in [-0.1, -0.05) is 12.1 Å². The molecule has 0 unspecified atom stereocenters. The zero-order chi connectivity index (χ0) is 19.2. The molecule has 136 valence electrons. The van der Waals surface area contributed by atoms with Gasteiger partial charge in [-0.2, -0.15) is 0 Å². The molecule has 7 nitrogen and oxygen atoms in total. The number of Topliss-reactive ketones (excluding diaryl/α,β-unsaturated/α-hetero) is 1. The van der Waals surface area contributed by atoms with Crippen LogP contribution in [0.5, 0.6) is 5.75 Å². The van der Waals surface area contributed by atoms with Gasteiger partial charge in [0.25, 0.3) is 5.91 Å². The number of hydrogen-bond donors (Lipinski definition) is 2. The summed E-state index contributed by atoms with van der Waals surface area (Å²) in [6.07, 6.45) is 1.50. The van der Waals surface area contributed by atoms with Crippen molar-refractivity contribution in [3.05, 3.63) is 72.1 Å². The Kier molecular flexibility index (Phi) is 5.41. The molecule has 1 aromatic heterocycles. The number of rotatable bonds is 6. The molecule has 7 heteroatoms. The van der Waals surface area contributed by atoms with Crippen LogP contribution in [0, 0.1) is 0 Å². The molecular formula is C20H18N4O3. The van der Waals surface area contributed by atoms with Crippen LogP contribution in [0.4, 0.5) is 17.3 Å². The first kappa shape index (κ1) is 18.1. The topological polar surface area (TPSA) is 93.2 Å². The van der Waals surface area contributed by atoms with E-state index in [4.69, 9.17) is 4.74 Å². The number of methoxy groups -OCH3 is 1. The number of carbonyl (C=O) groups excluding carboxylic acids is 2. The Morgan fingerprint density at radius 1 is 1.00 bits per heavy atom. The highest BCUT2D eigenvalue weighted by atomic mass is 16.5. The Balaban J connectivity index is 1.73. The van der Waals surface area contributed by atoms with Crippen molar-refractivity contribution in [2.45, 2.75) is 6.92 Å². The first-order chi connectivity index (χ1) is 13.0. The summed E-state index contributed by atoms with van der Waals surface area (Å²) < 4.78 is 5.12. The summed E-state index contributed by atoms with van der Waals surface area (Å²) in [5, 5.41) is 5.77. The van der Waals surface area contributed by atoms with E-state index in [0.29, 0.717) is 17.2 Å². The Bertz CT molecular complexity index is 971. The summed E-state index contributed by atoms with van der Waals surface area (Å²) in [5.41, 5.74) is 2.02. The van der Waals surface area contributed by atoms with Gasteiger partial charge in [0.15, 0.2) is 5.78 Å². The number of ketones is 1. The molecule has 1 amide bonds. The molecule has 0 atom stereocenters. The lowest BCUT2D eigenvalue weighted by Gasteiger charge is -2.08. The van der Waals surface area contributed by atoms with Crippen molar-refractivity contribution in [1.82, 2.24) is 9.97 Å². The Labute approximate surface area is 156 Å². The van der Waals surface area contributed by atoms with Crippen molar-refractivity contribution in [2.75, 3.05) is 17.7 Å². The molecule has 1 heterocycles. The summed E-state index contributed by atoms with van der Waals surface area (Å²) >= 11 is 0. The predicted octanol–water partition coefficient (Wildman–Crippen LogP) is 3.68. The zero-order valence-electron chi connectivity index (χ0n) is 14.9. The maximum Gasteiger partial charge on any atom is 0.274 e. The summed E-state index contributed by atoms with van der Waals surface area (Å²) in [7, 11) is 1.60. The number of aromatic nitrogens is 2. The second-order valence-corrected chi connectivity index (χ2v) is 5.71. The second-order valence-electron chi connectivity index (χ2n) is 5.71. The maximum atomic E-state index is 12.5. The van der Waals surface area contributed by atoms with Crippen LogP contribution in [0.2, 0.25) is 0 Å². The summed E-state index contributed by atoms with van der Waals surface area (Å²) in [6, 6.07) is 15.5. The van der Waals surface area contributed by atoms with Gasteiger partial charge in [-0.15, -0.1) is 0 Å². The van der Waals surface area contributed by atoms with Gasteiger partial charge in [0.1, 0.15) is 11.4 Å². The number of anilines is 3. The van der Waals surface area contributed by atoms with Gasteiger partial charge in [0, 0.05) is 23.1 Å². The number of carbonyl (C=O) groups is 2. The fourth-order valence-electron chi connectivity index (χ4n) is 2.36. The number of nitrogens with one attached hydrogen (secondary N) is 2. The largest absolute Gasteiger partial charge is 0.497 e. The van der Waals surface area contributed by atoms with E-state index < -0.39 is 5.91 Å². The number of hydrogen-bond acceptors (Lipinski definition) is 6. The normalized spacial score (nSPS) is 10.1. The Hall–Kier alpha value is -3.74. The van der Waals surface area contributed by atoms with Crippen LogP contribution >= 0.6 is 0 Å². The van der Waals surface area contributed by atoms with E-state index in [1.807, 2.05) is 12.1 Å². The molecule has 3 rings (SSSR count). The van der Waals surface area contributed by atoms with Gasteiger partial charge in [-0.05, 0) is 49.4 Å². The average molecular weight is 362 g/mol. The van der Waals surface area contributed by atoms with E-state index in [1.165, 1.54) is 19.2 Å². The van der Waals surface area contributed by atoms with Crippen LogP contribution in [-0.4, -0.2) is 28.8 Å². The fourth-order valence-corrected chi connectivity index (χ4v) is 2.36. The summed E-state index contributed by atoms with van der Waals surface area (Å²) in [4.78, 5) is 32.3. The average Bonchev–Trinajstić information content (AvgIpc) is 2.69. The highest BCUT2D eigenvalue weighted by molar-refractivity contribution is 6.04. The predicted molar refractivity (Wildman–Crippen MR) is 103 cm³/mol. The molecular weight excluding hydrogens is 344 g/mol. The minimum atomic E-state index is -0.393. The molecule has 0 spiro atoms. The highest BCUT2D eigenvalue weighted by Crippen LogP contribution is 2.18. The van der Waals surface area contributed by atoms with Crippen molar-refractivity contribution in [1.29, 1.82) is 0 Å². The first-order valence-corrected chi connectivity index (χ1v) is 8.21. The molecule has 2 aromatic carbocycles. The molecule has 0 aliphatic heterocycles. The van der Waals surface area contributed by atoms with Crippen LogP contribution in [0.3, 0.4) is 0 Å². The molecule has 0 saturated heterocycles. The van der Waals surface area contributed by atoms with Gasteiger partial charge in [-0.25, -0.2) is 9.97 Å². The monoisotopic (exact) mass is 362 g/mol. The SMILES string of the molecule is COc1ccc(Nc2nccc(C(=O)Nc3cccc(C(C)=O)c3)n2)cc1. The Morgan fingerprint density at radius 3 is 2.48 bits per heavy atom. The first-order valence-electron chi connectivity index (χ1n) is 8.21. The zero-order valence-corrected chi connectivity index (χ0v) is 14.9. The molecule has 27 heavy (non-hydrogen) atoms. The van der Waals surface area contributed by atoms with Crippen LogP contribution in [0.1, 0.15) is 27.8 Å². The minimum absolute atomic E-state index is 0.0703. The Morgan fingerprint density at radius 2 is 1.78 bits per heavy atom. The number of nitrogens with zero attached hydrogens (tertiary/aromatic N) is 2. The fraction of sp³-hybridized carbons (Fsp3) is 0.100. The lowest BCUT2D eigenvalue weighted by Crippen LogP contribution is -2.15. The summed E-state index contributed by atoms with van der Waals surface area (Å²) in [5.74, 6) is 0.572. The molecule has 0 fully saturated rings. The highest BCUT2D eigenvalue weighted by Gasteiger charge is 2.10. The van der Waals surface area contributed by atoms with Crippen molar-refractivity contribution in [3.8, 4) is 5.75 Å². The van der Waals surface area contributed by atoms with Crippen molar-refractivity contribution < 1.29 is 14.3 Å². The van der Waals surface area contributed by atoms with E-state index >= 15 is 0 Å². The minimum Gasteiger partial charge on any atom is -0.497 e. The van der Waals surface area contributed by atoms with Crippen molar-refractivity contribution in [3.63, 3.8) is 0 Å². The van der Waals surface area contributed by atoms with Crippen LogP contribution in [0.15, 0.2) is 60.8 Å². The van der Waals surface area contributed by atoms with Gasteiger partial charge < -0.3 is 15.4 Å². The van der Waals surface area contributed by atoms with E-state index in [1.54, 1.807) is 43.5 Å².